The van der Waals surface area contributed by atoms with E-state index in [4.69, 9.17) is 19.5 Å². The first-order chi connectivity index (χ1) is 14.5. The number of aliphatic hydroxyl groups excluding tert-OH is 1. The molecule has 0 heterocycles. The van der Waals surface area contributed by atoms with Crippen LogP contribution in [0, 0.1) is 17.1 Å². The number of halogens is 1. The Balaban J connectivity index is 1.76. The molecular weight excluding hydrogens is 387 g/mol. The number of methoxy groups -OCH3 is 2. The van der Waals surface area contributed by atoms with Crippen molar-refractivity contribution in [2.45, 2.75) is 19.4 Å². The number of nitriles is 1. The van der Waals surface area contributed by atoms with Gasteiger partial charge >= 0.3 is 0 Å². The summed E-state index contributed by atoms with van der Waals surface area (Å²) in [5.41, 5.74) is 2.36. The van der Waals surface area contributed by atoms with Crippen LogP contribution in [0.5, 0.6) is 17.2 Å². The fourth-order valence-electron chi connectivity index (χ4n) is 2.83. The molecule has 2 aromatic rings. The van der Waals surface area contributed by atoms with Crippen molar-refractivity contribution in [3.05, 3.63) is 59.4 Å². The molecule has 0 aliphatic carbocycles. The fraction of sp³-hybridized carbons (Fsp3) is 0.348. The van der Waals surface area contributed by atoms with Crippen LogP contribution in [0.3, 0.4) is 0 Å². The molecule has 30 heavy (non-hydrogen) atoms. The third-order valence-electron chi connectivity index (χ3n) is 4.52. The van der Waals surface area contributed by atoms with Crippen LogP contribution in [-0.2, 0) is 6.42 Å². The van der Waals surface area contributed by atoms with Crippen LogP contribution in [0.4, 0.5) is 4.39 Å². The Morgan fingerprint density at radius 3 is 2.57 bits per heavy atom. The molecule has 160 valence electrons. The van der Waals surface area contributed by atoms with Crippen LogP contribution >= 0.6 is 0 Å². The number of hydrogen-bond acceptors (Lipinski definition) is 6. The molecule has 0 aliphatic rings. The summed E-state index contributed by atoms with van der Waals surface area (Å²) in [4.78, 5) is 0. The van der Waals surface area contributed by atoms with Crippen LogP contribution in [0.1, 0.15) is 18.1 Å². The molecule has 0 radical (unpaired) electrons. The molecule has 0 amide bonds. The van der Waals surface area contributed by atoms with Crippen LogP contribution in [0.25, 0.3) is 5.57 Å². The molecule has 6 nitrogen and oxygen atoms in total. The first-order valence-corrected chi connectivity index (χ1v) is 9.57. The topological polar surface area (TPSA) is 83.7 Å². The molecule has 0 aliphatic heterocycles. The lowest BCUT2D eigenvalue weighted by atomic mass is 10.1. The van der Waals surface area contributed by atoms with E-state index < -0.39 is 11.9 Å². The standard InChI is InChI=1S/C23H27FN2O4/c1-16(8-10-25)18-5-7-21(20(24)13-18)30-15-19(27)14-26-11-9-17-4-6-22(28-2)23(12-17)29-3/h4-8,12-13,19,26-27H,9,11,14-15H2,1-3H3/b16-8-. The first-order valence-electron chi connectivity index (χ1n) is 9.57. The van der Waals surface area contributed by atoms with E-state index in [0.717, 1.165) is 12.0 Å². The third kappa shape index (κ3) is 6.76. The smallest absolute Gasteiger partial charge is 0.165 e. The Hall–Kier alpha value is -3.08. The zero-order valence-electron chi connectivity index (χ0n) is 17.4. The average Bonchev–Trinajstić information content (AvgIpc) is 2.75. The molecular formula is C23H27FN2O4. The van der Waals surface area contributed by atoms with Crippen molar-refractivity contribution in [3.8, 4) is 23.3 Å². The van der Waals surface area contributed by atoms with E-state index in [0.29, 0.717) is 35.7 Å². The minimum Gasteiger partial charge on any atom is -0.493 e. The predicted molar refractivity (Wildman–Crippen MR) is 113 cm³/mol. The van der Waals surface area contributed by atoms with Crippen molar-refractivity contribution >= 4 is 5.57 Å². The van der Waals surface area contributed by atoms with Gasteiger partial charge in [-0.25, -0.2) is 4.39 Å². The summed E-state index contributed by atoms with van der Waals surface area (Å²) >= 11 is 0. The maximum Gasteiger partial charge on any atom is 0.165 e. The summed E-state index contributed by atoms with van der Waals surface area (Å²) in [6.45, 7) is 2.67. The van der Waals surface area contributed by atoms with Gasteiger partial charge in [0.25, 0.3) is 0 Å². The van der Waals surface area contributed by atoms with Gasteiger partial charge in [0.05, 0.1) is 20.3 Å². The van der Waals surface area contributed by atoms with Crippen molar-refractivity contribution < 1.29 is 23.7 Å². The molecule has 0 bridgehead atoms. The lowest BCUT2D eigenvalue weighted by Gasteiger charge is -2.14. The zero-order chi connectivity index (χ0) is 21.9. The number of benzene rings is 2. The number of hydrogen-bond donors (Lipinski definition) is 2. The van der Waals surface area contributed by atoms with E-state index in [1.807, 2.05) is 24.3 Å². The summed E-state index contributed by atoms with van der Waals surface area (Å²) in [7, 11) is 3.19. The SMILES string of the molecule is COc1ccc(CCNCC(O)COc2ccc(/C(C)=C\C#N)cc2F)cc1OC. The van der Waals surface area contributed by atoms with E-state index in [-0.39, 0.29) is 12.4 Å². The normalized spacial score (nSPS) is 12.2. The monoisotopic (exact) mass is 414 g/mol. The second-order valence-electron chi connectivity index (χ2n) is 6.71. The third-order valence-corrected chi connectivity index (χ3v) is 4.52. The molecule has 7 heteroatoms. The van der Waals surface area contributed by atoms with Crippen molar-refractivity contribution in [1.82, 2.24) is 5.32 Å². The minimum atomic E-state index is -0.783. The maximum absolute atomic E-state index is 14.2. The molecule has 0 saturated heterocycles. The Kier molecular flexibility index (Phi) is 9.13. The van der Waals surface area contributed by atoms with E-state index in [1.54, 1.807) is 27.2 Å². The molecule has 0 saturated carbocycles. The van der Waals surface area contributed by atoms with Crippen molar-refractivity contribution in [2.75, 3.05) is 33.9 Å². The van der Waals surface area contributed by atoms with Gasteiger partial charge in [-0.15, -0.1) is 0 Å². The zero-order valence-corrected chi connectivity index (χ0v) is 17.4. The molecule has 2 aromatic carbocycles. The highest BCUT2D eigenvalue weighted by Gasteiger charge is 2.10. The summed E-state index contributed by atoms with van der Waals surface area (Å²) in [5, 5.41) is 21.9. The second-order valence-corrected chi connectivity index (χ2v) is 6.71. The Morgan fingerprint density at radius 2 is 1.90 bits per heavy atom. The molecule has 1 atom stereocenters. The molecule has 0 spiro atoms. The van der Waals surface area contributed by atoms with Crippen LogP contribution in [0.15, 0.2) is 42.5 Å². The van der Waals surface area contributed by atoms with Gasteiger partial charge in [0, 0.05) is 12.6 Å². The Bertz CT molecular complexity index is 909. The highest BCUT2D eigenvalue weighted by Crippen LogP contribution is 2.27. The molecule has 2 rings (SSSR count). The summed E-state index contributed by atoms with van der Waals surface area (Å²) in [6.07, 6.45) is 1.32. The summed E-state index contributed by atoms with van der Waals surface area (Å²) in [6, 6.07) is 12.1. The quantitative estimate of drug-likeness (QED) is 0.433. The summed E-state index contributed by atoms with van der Waals surface area (Å²) in [5.74, 6) is 0.882. The van der Waals surface area contributed by atoms with Gasteiger partial charge in [-0.1, -0.05) is 12.1 Å². The van der Waals surface area contributed by atoms with E-state index in [2.05, 4.69) is 5.32 Å². The van der Waals surface area contributed by atoms with Crippen LogP contribution < -0.4 is 19.5 Å². The van der Waals surface area contributed by atoms with E-state index in [1.165, 1.54) is 18.2 Å². The number of ether oxygens (including phenoxy) is 3. The molecule has 1 unspecified atom stereocenters. The minimum absolute atomic E-state index is 0.0351. The molecule has 0 aromatic heterocycles. The lowest BCUT2D eigenvalue weighted by molar-refractivity contribution is 0.104. The first kappa shape index (κ1) is 23.2. The summed E-state index contributed by atoms with van der Waals surface area (Å²) < 4.78 is 30.1. The van der Waals surface area contributed by atoms with Gasteiger partial charge in [0.15, 0.2) is 23.1 Å². The second kappa shape index (κ2) is 11.8. The molecule has 0 fully saturated rings. The van der Waals surface area contributed by atoms with Crippen LogP contribution in [0.2, 0.25) is 0 Å². The highest BCUT2D eigenvalue weighted by atomic mass is 19.1. The van der Waals surface area contributed by atoms with E-state index in [9.17, 15) is 9.50 Å². The van der Waals surface area contributed by atoms with Gasteiger partial charge in [0.1, 0.15) is 12.7 Å². The Labute approximate surface area is 176 Å². The Morgan fingerprint density at radius 1 is 1.17 bits per heavy atom. The highest BCUT2D eigenvalue weighted by molar-refractivity contribution is 5.66. The van der Waals surface area contributed by atoms with Crippen molar-refractivity contribution in [3.63, 3.8) is 0 Å². The lowest BCUT2D eigenvalue weighted by Crippen LogP contribution is -2.32. The predicted octanol–water partition coefficient (Wildman–Crippen LogP) is 3.34. The van der Waals surface area contributed by atoms with Gasteiger partial charge in [0.2, 0.25) is 0 Å². The number of allylic oxidation sites excluding steroid dienone is 2. The number of nitrogens with one attached hydrogen (secondary N) is 1. The van der Waals surface area contributed by atoms with Crippen molar-refractivity contribution in [2.24, 2.45) is 0 Å². The van der Waals surface area contributed by atoms with Gasteiger partial charge in [-0.05, 0) is 60.9 Å². The maximum atomic E-state index is 14.2. The number of aliphatic hydroxyl groups is 1. The van der Waals surface area contributed by atoms with Crippen molar-refractivity contribution in [1.29, 1.82) is 5.26 Å². The van der Waals surface area contributed by atoms with Gasteiger partial charge in [-0.2, -0.15) is 5.26 Å². The number of nitrogens with zero attached hydrogens (tertiary/aromatic N) is 1. The van der Waals surface area contributed by atoms with Gasteiger partial charge < -0.3 is 24.6 Å². The fourth-order valence-corrected chi connectivity index (χ4v) is 2.83. The largest absolute Gasteiger partial charge is 0.493 e. The molecule has 2 N–H and O–H groups in total. The number of rotatable bonds is 11. The average molecular weight is 414 g/mol. The van der Waals surface area contributed by atoms with Crippen LogP contribution in [-0.4, -0.2) is 45.1 Å². The van der Waals surface area contributed by atoms with E-state index >= 15 is 0 Å². The van der Waals surface area contributed by atoms with Gasteiger partial charge in [-0.3, -0.25) is 0 Å².